The van der Waals surface area contributed by atoms with E-state index in [2.05, 4.69) is 5.32 Å². The number of benzene rings is 1. The molecular weight excluding hydrogens is 268 g/mol. The number of hydrogen-bond acceptors (Lipinski definition) is 4. The van der Waals surface area contributed by atoms with Crippen LogP contribution in [0.5, 0.6) is 5.75 Å². The maximum atomic E-state index is 11.7. The number of piperidine rings is 1. The Bertz CT molecular complexity index is 526. The van der Waals surface area contributed by atoms with Crippen LogP contribution in [0.2, 0.25) is 0 Å². The summed E-state index contributed by atoms with van der Waals surface area (Å²) < 4.78 is 5.59. The predicted octanol–water partition coefficient (Wildman–Crippen LogP) is 1.61. The van der Waals surface area contributed by atoms with Crippen molar-refractivity contribution >= 4 is 11.6 Å². The van der Waals surface area contributed by atoms with E-state index in [1.54, 1.807) is 11.8 Å². The van der Waals surface area contributed by atoms with Crippen LogP contribution in [-0.4, -0.2) is 36.8 Å². The van der Waals surface area contributed by atoms with Crippen molar-refractivity contribution < 1.29 is 14.6 Å². The molecule has 5 nitrogen and oxygen atoms in total. The summed E-state index contributed by atoms with van der Waals surface area (Å²) >= 11 is 0. The van der Waals surface area contributed by atoms with E-state index < -0.39 is 6.10 Å². The minimum atomic E-state index is -0.550. The lowest BCUT2D eigenvalue weighted by atomic mass is 9.94. The Labute approximate surface area is 124 Å². The fourth-order valence-corrected chi connectivity index (χ4v) is 3.13. The van der Waals surface area contributed by atoms with Crippen LogP contribution in [0.3, 0.4) is 0 Å². The van der Waals surface area contributed by atoms with Gasteiger partial charge in [0.15, 0.2) is 0 Å². The van der Waals surface area contributed by atoms with E-state index in [-0.39, 0.29) is 11.9 Å². The Kier molecular flexibility index (Phi) is 4.12. The third-order valence-electron chi connectivity index (χ3n) is 4.30. The van der Waals surface area contributed by atoms with Crippen LogP contribution in [-0.2, 0) is 4.79 Å². The number of anilines is 1. The molecule has 1 aromatic rings. The van der Waals surface area contributed by atoms with E-state index in [0.29, 0.717) is 18.9 Å². The molecule has 2 aliphatic heterocycles. The van der Waals surface area contributed by atoms with Gasteiger partial charge in [-0.05, 0) is 37.1 Å². The Morgan fingerprint density at radius 3 is 3.05 bits per heavy atom. The molecule has 0 saturated carbocycles. The highest BCUT2D eigenvalue weighted by atomic mass is 16.5. The first-order valence-corrected chi connectivity index (χ1v) is 7.63. The van der Waals surface area contributed by atoms with Crippen LogP contribution >= 0.6 is 0 Å². The van der Waals surface area contributed by atoms with Gasteiger partial charge in [-0.15, -0.1) is 0 Å². The van der Waals surface area contributed by atoms with Crippen LogP contribution in [0.1, 0.15) is 37.9 Å². The number of aliphatic hydroxyl groups excluding tert-OH is 1. The van der Waals surface area contributed by atoms with Gasteiger partial charge in [0.25, 0.3) is 0 Å². The molecule has 114 valence electrons. The SMILES string of the molecule is CC(=O)N1CCOc2ccc(C(O)C3CCCCN3)cc21. The van der Waals surface area contributed by atoms with Gasteiger partial charge in [-0.1, -0.05) is 12.5 Å². The second kappa shape index (κ2) is 6.03. The summed E-state index contributed by atoms with van der Waals surface area (Å²) in [6, 6.07) is 5.72. The number of ether oxygens (including phenoxy) is 1. The molecule has 2 unspecified atom stereocenters. The largest absolute Gasteiger partial charge is 0.490 e. The molecule has 1 amide bonds. The van der Waals surface area contributed by atoms with Gasteiger partial charge >= 0.3 is 0 Å². The summed E-state index contributed by atoms with van der Waals surface area (Å²) in [4.78, 5) is 13.5. The molecule has 21 heavy (non-hydrogen) atoms. The Morgan fingerprint density at radius 1 is 1.48 bits per heavy atom. The van der Waals surface area contributed by atoms with Crippen molar-refractivity contribution in [2.24, 2.45) is 0 Å². The lowest BCUT2D eigenvalue weighted by Gasteiger charge is -2.31. The van der Waals surface area contributed by atoms with Crippen molar-refractivity contribution in [2.45, 2.75) is 38.3 Å². The maximum absolute atomic E-state index is 11.7. The summed E-state index contributed by atoms with van der Waals surface area (Å²) in [7, 11) is 0. The third kappa shape index (κ3) is 2.89. The quantitative estimate of drug-likeness (QED) is 0.868. The first kappa shape index (κ1) is 14.4. The Hall–Kier alpha value is -1.59. The maximum Gasteiger partial charge on any atom is 0.224 e. The highest BCUT2D eigenvalue weighted by molar-refractivity contribution is 5.93. The number of rotatable bonds is 2. The monoisotopic (exact) mass is 290 g/mol. The molecule has 0 aliphatic carbocycles. The van der Waals surface area contributed by atoms with Gasteiger partial charge in [0, 0.05) is 13.0 Å². The van der Waals surface area contributed by atoms with Crippen molar-refractivity contribution in [1.29, 1.82) is 0 Å². The number of nitrogens with zero attached hydrogens (tertiary/aromatic N) is 1. The highest BCUT2D eigenvalue weighted by Crippen LogP contribution is 2.35. The van der Waals surface area contributed by atoms with Crippen molar-refractivity contribution in [3.8, 4) is 5.75 Å². The average molecular weight is 290 g/mol. The van der Waals surface area contributed by atoms with E-state index >= 15 is 0 Å². The summed E-state index contributed by atoms with van der Waals surface area (Å²) in [5.41, 5.74) is 1.60. The molecule has 0 radical (unpaired) electrons. The first-order chi connectivity index (χ1) is 10.2. The Balaban J connectivity index is 1.87. The molecule has 2 atom stereocenters. The molecule has 1 aromatic carbocycles. The number of fused-ring (bicyclic) bond motifs is 1. The van der Waals surface area contributed by atoms with Crippen molar-refractivity contribution in [1.82, 2.24) is 5.32 Å². The molecule has 1 fully saturated rings. The minimum absolute atomic E-state index is 0.00183. The van der Waals surface area contributed by atoms with Crippen LogP contribution in [0.15, 0.2) is 18.2 Å². The fraction of sp³-hybridized carbons (Fsp3) is 0.562. The summed E-state index contributed by atoms with van der Waals surface area (Å²) in [6.45, 7) is 3.58. The standard InChI is InChI=1S/C16H22N2O3/c1-11(19)18-8-9-21-15-6-5-12(10-14(15)18)16(20)13-4-2-3-7-17-13/h5-6,10,13,16-17,20H,2-4,7-9H2,1H3. The van der Waals surface area contributed by atoms with Gasteiger partial charge in [0.2, 0.25) is 5.91 Å². The zero-order valence-electron chi connectivity index (χ0n) is 12.3. The van der Waals surface area contributed by atoms with Crippen molar-refractivity contribution in [2.75, 3.05) is 24.6 Å². The molecule has 5 heteroatoms. The van der Waals surface area contributed by atoms with Gasteiger partial charge in [-0.2, -0.15) is 0 Å². The predicted molar refractivity (Wildman–Crippen MR) is 80.6 cm³/mol. The van der Waals surface area contributed by atoms with E-state index in [0.717, 1.165) is 30.6 Å². The number of amides is 1. The zero-order chi connectivity index (χ0) is 14.8. The lowest BCUT2D eigenvalue weighted by molar-refractivity contribution is -0.116. The topological polar surface area (TPSA) is 61.8 Å². The summed E-state index contributed by atoms with van der Waals surface area (Å²) in [5, 5.41) is 13.9. The molecule has 2 aliphatic rings. The first-order valence-electron chi connectivity index (χ1n) is 7.63. The van der Waals surface area contributed by atoms with E-state index in [4.69, 9.17) is 4.74 Å². The zero-order valence-corrected chi connectivity index (χ0v) is 12.3. The second-order valence-electron chi connectivity index (χ2n) is 5.75. The summed E-state index contributed by atoms with van der Waals surface area (Å²) in [6.07, 6.45) is 2.73. The van der Waals surface area contributed by atoms with Crippen LogP contribution in [0.4, 0.5) is 5.69 Å². The molecule has 0 spiro atoms. The number of aliphatic hydroxyl groups is 1. The number of hydrogen-bond donors (Lipinski definition) is 2. The molecule has 2 heterocycles. The molecule has 0 bridgehead atoms. The van der Waals surface area contributed by atoms with Crippen LogP contribution < -0.4 is 15.0 Å². The van der Waals surface area contributed by atoms with Crippen molar-refractivity contribution in [3.63, 3.8) is 0 Å². The summed E-state index contributed by atoms with van der Waals surface area (Å²) in [5.74, 6) is 0.714. The van der Waals surface area contributed by atoms with Crippen molar-refractivity contribution in [3.05, 3.63) is 23.8 Å². The molecule has 1 saturated heterocycles. The fourth-order valence-electron chi connectivity index (χ4n) is 3.13. The minimum Gasteiger partial charge on any atom is -0.490 e. The average Bonchev–Trinajstić information content (AvgIpc) is 2.53. The van der Waals surface area contributed by atoms with E-state index in [1.165, 1.54) is 6.42 Å². The molecule has 3 rings (SSSR count). The Morgan fingerprint density at radius 2 is 2.33 bits per heavy atom. The second-order valence-corrected chi connectivity index (χ2v) is 5.75. The van der Waals surface area contributed by atoms with Gasteiger partial charge in [-0.25, -0.2) is 0 Å². The van der Waals surface area contributed by atoms with Gasteiger partial charge < -0.3 is 20.1 Å². The smallest absolute Gasteiger partial charge is 0.224 e. The van der Waals surface area contributed by atoms with E-state index in [9.17, 15) is 9.90 Å². The number of carbonyl (C=O) groups is 1. The molecular formula is C16H22N2O3. The number of carbonyl (C=O) groups excluding carboxylic acids is 1. The molecule has 0 aromatic heterocycles. The van der Waals surface area contributed by atoms with Crippen LogP contribution in [0.25, 0.3) is 0 Å². The van der Waals surface area contributed by atoms with Crippen LogP contribution in [0, 0.1) is 0 Å². The van der Waals surface area contributed by atoms with Gasteiger partial charge in [0.1, 0.15) is 12.4 Å². The number of nitrogens with one attached hydrogen (secondary N) is 1. The third-order valence-corrected chi connectivity index (χ3v) is 4.30. The highest BCUT2D eigenvalue weighted by Gasteiger charge is 2.26. The lowest BCUT2D eigenvalue weighted by Crippen LogP contribution is -2.39. The van der Waals surface area contributed by atoms with E-state index in [1.807, 2.05) is 18.2 Å². The van der Waals surface area contributed by atoms with Gasteiger partial charge in [-0.3, -0.25) is 4.79 Å². The van der Waals surface area contributed by atoms with Gasteiger partial charge in [0.05, 0.1) is 18.3 Å². The normalized spacial score (nSPS) is 23.1. The molecule has 2 N–H and O–H groups in total.